The average Bonchev–Trinajstić information content (AvgIpc) is 2.87. The Morgan fingerprint density at radius 1 is 1.56 bits per heavy atom. The normalized spacial score (nSPS) is 12.2. The van der Waals surface area contributed by atoms with Crippen molar-refractivity contribution in [2.24, 2.45) is 0 Å². The van der Waals surface area contributed by atoms with E-state index in [4.69, 9.17) is 0 Å². The molecule has 0 atom stereocenters. The number of nitrogens with one attached hydrogen (secondary N) is 1. The molecule has 98 valence electrons. The summed E-state index contributed by atoms with van der Waals surface area (Å²) in [6.45, 7) is 2.03. The quantitative estimate of drug-likeness (QED) is 0.921. The number of aromatic nitrogens is 2. The van der Waals surface area contributed by atoms with Crippen LogP contribution in [0.25, 0.3) is 0 Å². The van der Waals surface area contributed by atoms with Crippen LogP contribution < -0.4 is 0 Å². The molecular formula is C10H12BrN3O2S2. The molecule has 18 heavy (non-hydrogen) atoms. The lowest BCUT2D eigenvalue weighted by Gasteiger charge is -2.15. The fraction of sp³-hybridized carbons (Fsp3) is 0.300. The van der Waals surface area contributed by atoms with E-state index in [-0.39, 0.29) is 4.90 Å². The Labute approximate surface area is 118 Å². The Bertz CT molecular complexity index is 648. The molecule has 0 spiro atoms. The van der Waals surface area contributed by atoms with Crippen LogP contribution in [0.1, 0.15) is 11.3 Å². The number of aryl methyl sites for hydroxylation is 1. The Morgan fingerprint density at radius 3 is 2.78 bits per heavy atom. The first-order chi connectivity index (χ1) is 8.41. The van der Waals surface area contributed by atoms with Crippen molar-refractivity contribution in [2.75, 3.05) is 7.05 Å². The molecule has 0 aliphatic carbocycles. The number of hydrogen-bond acceptors (Lipinski definition) is 4. The van der Waals surface area contributed by atoms with Gasteiger partial charge in [-0.3, -0.25) is 5.10 Å². The Kier molecular flexibility index (Phi) is 3.90. The molecule has 0 unspecified atom stereocenters. The van der Waals surface area contributed by atoms with E-state index >= 15 is 0 Å². The molecule has 8 heteroatoms. The van der Waals surface area contributed by atoms with Gasteiger partial charge in [0.05, 0.1) is 15.7 Å². The molecule has 0 saturated carbocycles. The fourth-order valence-corrected chi connectivity index (χ4v) is 4.01. The average molecular weight is 350 g/mol. The highest BCUT2D eigenvalue weighted by molar-refractivity contribution is 9.11. The lowest BCUT2D eigenvalue weighted by Crippen LogP contribution is -2.26. The van der Waals surface area contributed by atoms with Crippen LogP contribution >= 0.6 is 27.3 Å². The van der Waals surface area contributed by atoms with Gasteiger partial charge in [0, 0.05) is 13.6 Å². The molecule has 0 bridgehead atoms. The second-order valence-electron chi connectivity index (χ2n) is 3.88. The lowest BCUT2D eigenvalue weighted by molar-refractivity contribution is 0.467. The van der Waals surface area contributed by atoms with Crippen LogP contribution in [0.2, 0.25) is 0 Å². The minimum Gasteiger partial charge on any atom is -0.281 e. The van der Waals surface area contributed by atoms with Gasteiger partial charge in [-0.05, 0) is 39.9 Å². The van der Waals surface area contributed by atoms with Crippen molar-refractivity contribution >= 4 is 37.3 Å². The summed E-state index contributed by atoms with van der Waals surface area (Å²) in [5, 5.41) is 8.31. The molecular weight excluding hydrogens is 338 g/mol. The largest absolute Gasteiger partial charge is 0.281 e. The van der Waals surface area contributed by atoms with E-state index in [1.54, 1.807) is 14.0 Å². The number of aromatic amines is 1. The second-order valence-corrected chi connectivity index (χ2v) is 8.18. The lowest BCUT2D eigenvalue weighted by atomic mass is 10.3. The summed E-state index contributed by atoms with van der Waals surface area (Å²) in [6.07, 6.45) is 1.34. The van der Waals surface area contributed by atoms with Crippen LogP contribution in [0, 0.1) is 6.92 Å². The van der Waals surface area contributed by atoms with Gasteiger partial charge in [-0.15, -0.1) is 11.3 Å². The molecule has 5 nitrogen and oxygen atoms in total. The highest BCUT2D eigenvalue weighted by Gasteiger charge is 2.24. The molecule has 0 aliphatic rings. The summed E-state index contributed by atoms with van der Waals surface area (Å²) in [7, 11) is -1.92. The molecule has 2 heterocycles. The smallest absolute Gasteiger partial charge is 0.246 e. The van der Waals surface area contributed by atoms with Crippen molar-refractivity contribution in [3.05, 3.63) is 32.7 Å². The highest BCUT2D eigenvalue weighted by Crippen LogP contribution is 2.24. The van der Waals surface area contributed by atoms with Crippen molar-refractivity contribution in [1.29, 1.82) is 0 Å². The summed E-state index contributed by atoms with van der Waals surface area (Å²) in [4.78, 5) is 0.222. The monoisotopic (exact) mass is 349 g/mol. The van der Waals surface area contributed by atoms with Crippen LogP contribution in [-0.2, 0) is 16.6 Å². The summed E-state index contributed by atoms with van der Waals surface area (Å²) >= 11 is 4.89. The second kappa shape index (κ2) is 5.12. The van der Waals surface area contributed by atoms with Crippen LogP contribution in [-0.4, -0.2) is 30.0 Å². The van der Waals surface area contributed by atoms with E-state index in [1.165, 1.54) is 21.8 Å². The number of rotatable bonds is 4. The molecule has 0 amide bonds. The van der Waals surface area contributed by atoms with Gasteiger partial charge in [-0.2, -0.15) is 9.40 Å². The van der Waals surface area contributed by atoms with Gasteiger partial charge in [0.25, 0.3) is 0 Å². The van der Waals surface area contributed by atoms with Gasteiger partial charge in [0.1, 0.15) is 4.90 Å². The van der Waals surface area contributed by atoms with Crippen molar-refractivity contribution in [3.63, 3.8) is 0 Å². The minimum absolute atomic E-state index is 0.222. The molecule has 0 saturated heterocycles. The van der Waals surface area contributed by atoms with Gasteiger partial charge in [-0.25, -0.2) is 8.42 Å². The first-order valence-electron chi connectivity index (χ1n) is 5.10. The standard InChI is InChI=1S/C10H12BrN3O2S2/c1-7-9(4-12-13-7)18(15,16)14(2)5-8-3-10(11)17-6-8/h3-4,6H,5H2,1-2H3,(H,12,13). The number of thiophene rings is 1. The number of hydrogen-bond donors (Lipinski definition) is 1. The molecule has 0 aromatic carbocycles. The van der Waals surface area contributed by atoms with Crippen molar-refractivity contribution in [2.45, 2.75) is 18.4 Å². The molecule has 0 aliphatic heterocycles. The van der Waals surface area contributed by atoms with Gasteiger partial charge in [0.2, 0.25) is 10.0 Å². The topological polar surface area (TPSA) is 66.1 Å². The number of H-pyrrole nitrogens is 1. The van der Waals surface area contributed by atoms with E-state index in [9.17, 15) is 8.42 Å². The molecule has 2 aromatic heterocycles. The van der Waals surface area contributed by atoms with E-state index in [0.717, 1.165) is 9.35 Å². The minimum atomic E-state index is -3.49. The fourth-order valence-electron chi connectivity index (χ4n) is 1.54. The van der Waals surface area contributed by atoms with E-state index in [0.29, 0.717) is 12.2 Å². The summed E-state index contributed by atoms with van der Waals surface area (Å²) in [5.74, 6) is 0. The molecule has 0 fully saturated rings. The first-order valence-corrected chi connectivity index (χ1v) is 8.22. The first kappa shape index (κ1) is 13.7. The molecule has 1 N–H and O–H groups in total. The van der Waals surface area contributed by atoms with Crippen molar-refractivity contribution < 1.29 is 8.42 Å². The van der Waals surface area contributed by atoms with Crippen molar-refractivity contribution in [3.8, 4) is 0 Å². The Hall–Kier alpha value is -0.700. The maximum atomic E-state index is 12.3. The summed E-state index contributed by atoms with van der Waals surface area (Å²) < 4.78 is 26.9. The van der Waals surface area contributed by atoms with Crippen molar-refractivity contribution in [1.82, 2.24) is 14.5 Å². The third kappa shape index (κ3) is 2.66. The van der Waals surface area contributed by atoms with Crippen LogP contribution in [0.4, 0.5) is 0 Å². The predicted octanol–water partition coefficient (Wildman–Crippen LogP) is 2.36. The predicted molar refractivity (Wildman–Crippen MR) is 74.0 cm³/mol. The summed E-state index contributed by atoms with van der Waals surface area (Å²) in [6, 6.07) is 1.92. The third-order valence-corrected chi connectivity index (χ3v) is 5.97. The van der Waals surface area contributed by atoms with Crippen LogP contribution in [0.3, 0.4) is 0 Å². The van der Waals surface area contributed by atoms with E-state index in [2.05, 4.69) is 26.1 Å². The third-order valence-electron chi connectivity index (χ3n) is 2.50. The molecule has 0 radical (unpaired) electrons. The van der Waals surface area contributed by atoms with Crippen LogP contribution in [0.5, 0.6) is 0 Å². The van der Waals surface area contributed by atoms with Gasteiger partial charge in [0.15, 0.2) is 0 Å². The van der Waals surface area contributed by atoms with Gasteiger partial charge < -0.3 is 0 Å². The zero-order chi connectivity index (χ0) is 13.3. The number of nitrogens with zero attached hydrogens (tertiary/aromatic N) is 2. The number of halogens is 1. The van der Waals surface area contributed by atoms with Gasteiger partial charge >= 0.3 is 0 Å². The highest BCUT2D eigenvalue weighted by atomic mass is 79.9. The maximum absolute atomic E-state index is 12.3. The zero-order valence-corrected chi connectivity index (χ0v) is 13.1. The summed E-state index contributed by atoms with van der Waals surface area (Å²) in [5.41, 5.74) is 1.51. The zero-order valence-electron chi connectivity index (χ0n) is 9.84. The van der Waals surface area contributed by atoms with Gasteiger partial charge in [-0.1, -0.05) is 0 Å². The van der Waals surface area contributed by atoms with Crippen LogP contribution in [0.15, 0.2) is 26.3 Å². The van der Waals surface area contributed by atoms with E-state index < -0.39 is 10.0 Å². The molecule has 2 aromatic rings. The Morgan fingerprint density at radius 2 is 2.28 bits per heavy atom. The Balaban J connectivity index is 2.23. The SMILES string of the molecule is Cc1[nH]ncc1S(=O)(=O)N(C)Cc1csc(Br)c1. The maximum Gasteiger partial charge on any atom is 0.246 e. The molecule has 2 rings (SSSR count). The van der Waals surface area contributed by atoms with E-state index in [1.807, 2.05) is 11.4 Å². The number of sulfonamides is 1.